The fourth-order valence-corrected chi connectivity index (χ4v) is 27.2. The summed E-state index contributed by atoms with van der Waals surface area (Å²) in [5.41, 5.74) is 17.3. The van der Waals surface area contributed by atoms with Crippen molar-refractivity contribution < 1.29 is 0 Å². The summed E-state index contributed by atoms with van der Waals surface area (Å²) in [5, 5.41) is 5.04. The first-order valence-electron chi connectivity index (χ1n) is 31.5. The lowest BCUT2D eigenvalue weighted by Crippen LogP contribution is -2.27. The average Bonchev–Trinajstić information content (AvgIpc) is 3.51. The highest BCUT2D eigenvalue weighted by molar-refractivity contribution is 7.67. The number of rotatable bonds is 15. The molecule has 0 heterocycles. The molecule has 0 radical (unpaired) electrons. The third kappa shape index (κ3) is 12.4. The Kier molecular flexibility index (Phi) is 18.2. The monoisotopic (exact) mass is 1060 g/mol. The zero-order chi connectivity index (χ0) is 50.9. The van der Waals surface area contributed by atoms with Gasteiger partial charge in [0.15, 0.2) is 0 Å². The summed E-state index contributed by atoms with van der Waals surface area (Å²) in [6.45, 7) is 0. The van der Waals surface area contributed by atoms with E-state index in [0.29, 0.717) is 0 Å². The molecule has 6 saturated carbocycles. The first kappa shape index (κ1) is 53.1. The van der Waals surface area contributed by atoms with E-state index in [9.17, 15) is 0 Å². The van der Waals surface area contributed by atoms with Gasteiger partial charge in [-0.25, -0.2) is 0 Å². The van der Waals surface area contributed by atoms with Gasteiger partial charge in [0, 0.05) is 17.1 Å². The van der Waals surface area contributed by atoms with Gasteiger partial charge in [-0.3, -0.25) is 0 Å². The Labute approximate surface area is 464 Å². The second kappa shape index (κ2) is 26.1. The Morgan fingerprint density at radius 3 is 0.789 bits per heavy atom. The van der Waals surface area contributed by atoms with E-state index in [1.807, 2.05) is 0 Å². The molecule has 6 aliphatic rings. The quantitative estimate of drug-likeness (QED) is 0.0927. The standard InChI is InChI=1S/C72H90NP3/c1-7-21-63(22-8-1)74(64-23-9-2-10-24-64)69-51-41-57(42-52-69)55-35-45-60(46-36-55)73(61-47-37-56(38-48-61)58-43-53-70(54-44-58)75(65-25-11-3-12-26-65)66-27-13-4-14-28-66)62-49-39-59(40-50-62)71-33-19-20-34-72(71)76(67-29-15-5-16-30-67)68-31-17-6-18-32-68/h19-20,33-54,63-68H,1-18,21-32H2. The number of anilines is 3. The molecule has 0 spiro atoms. The minimum Gasteiger partial charge on any atom is -0.311 e. The maximum Gasteiger partial charge on any atom is 0.0462 e. The largest absolute Gasteiger partial charge is 0.311 e. The molecule has 0 saturated heterocycles. The summed E-state index contributed by atoms with van der Waals surface area (Å²) in [7, 11) is -0.408. The number of nitrogens with zero attached hydrogens (tertiary/aromatic N) is 1. The van der Waals surface area contributed by atoms with Crippen molar-refractivity contribution in [2.24, 2.45) is 0 Å². The van der Waals surface area contributed by atoms with Crippen LogP contribution < -0.4 is 20.8 Å². The molecular weight excluding hydrogens is 972 g/mol. The van der Waals surface area contributed by atoms with Crippen LogP contribution in [-0.4, -0.2) is 34.0 Å². The molecule has 0 atom stereocenters. The van der Waals surface area contributed by atoms with Gasteiger partial charge < -0.3 is 4.90 Å². The van der Waals surface area contributed by atoms with Crippen molar-refractivity contribution in [2.75, 3.05) is 4.90 Å². The van der Waals surface area contributed by atoms with E-state index < -0.39 is 0 Å². The Morgan fingerprint density at radius 1 is 0.237 bits per heavy atom. The molecule has 6 fully saturated rings. The predicted molar refractivity (Wildman–Crippen MR) is 338 cm³/mol. The highest BCUT2D eigenvalue weighted by Crippen LogP contribution is 2.58. The van der Waals surface area contributed by atoms with Crippen molar-refractivity contribution in [2.45, 2.75) is 227 Å². The maximum atomic E-state index is 2.56. The maximum absolute atomic E-state index is 2.56. The summed E-state index contributed by atoms with van der Waals surface area (Å²) in [6, 6.07) is 58.6. The van der Waals surface area contributed by atoms with Crippen molar-refractivity contribution in [3.05, 3.63) is 146 Å². The Morgan fingerprint density at radius 2 is 0.487 bits per heavy atom. The smallest absolute Gasteiger partial charge is 0.0462 e. The van der Waals surface area contributed by atoms with Crippen LogP contribution in [0.2, 0.25) is 0 Å². The summed E-state index contributed by atoms with van der Waals surface area (Å²) in [5.74, 6) is 0. The fourth-order valence-electron chi connectivity index (χ4n) is 15.7. The molecule has 0 aliphatic heterocycles. The Bertz CT molecular complexity index is 2510. The number of hydrogen-bond donors (Lipinski definition) is 0. The normalized spacial score (nSPS) is 20.4. The molecule has 398 valence electrons. The van der Waals surface area contributed by atoms with E-state index in [4.69, 9.17) is 0 Å². The minimum absolute atomic E-state index is 0.101. The highest BCUT2D eigenvalue weighted by Gasteiger charge is 2.36. The predicted octanol–water partition coefficient (Wildman–Crippen LogP) is 21.5. The molecule has 6 aromatic carbocycles. The molecule has 76 heavy (non-hydrogen) atoms. The minimum atomic E-state index is -0.207. The highest BCUT2D eigenvalue weighted by atomic mass is 31.1. The summed E-state index contributed by atoms with van der Waals surface area (Å²) in [6.07, 6.45) is 43.2. The van der Waals surface area contributed by atoms with Crippen molar-refractivity contribution in [3.8, 4) is 33.4 Å². The molecule has 0 aromatic heterocycles. The van der Waals surface area contributed by atoms with Gasteiger partial charge >= 0.3 is 0 Å². The van der Waals surface area contributed by atoms with Crippen LogP contribution >= 0.6 is 23.8 Å². The van der Waals surface area contributed by atoms with Crippen molar-refractivity contribution in [1.82, 2.24) is 0 Å². The average molecular weight is 1060 g/mol. The zero-order valence-corrected chi connectivity index (χ0v) is 49.0. The molecule has 0 unspecified atom stereocenters. The molecule has 0 N–H and O–H groups in total. The van der Waals surface area contributed by atoms with Crippen molar-refractivity contribution in [3.63, 3.8) is 0 Å². The second-order valence-corrected chi connectivity index (χ2v) is 32.9. The van der Waals surface area contributed by atoms with Gasteiger partial charge in [-0.15, -0.1) is 0 Å². The van der Waals surface area contributed by atoms with Crippen molar-refractivity contribution >= 4 is 56.7 Å². The lowest BCUT2D eigenvalue weighted by Gasteiger charge is -2.39. The molecule has 0 amide bonds. The number of hydrogen-bond acceptors (Lipinski definition) is 1. The van der Waals surface area contributed by atoms with Crippen LogP contribution in [0.25, 0.3) is 33.4 Å². The molecular formula is C72H90NP3. The zero-order valence-electron chi connectivity index (χ0n) is 46.3. The third-order valence-corrected chi connectivity index (χ3v) is 30.2. The molecule has 1 nitrogen and oxygen atoms in total. The lowest BCUT2D eigenvalue weighted by molar-refractivity contribution is 0.487. The summed E-state index contributed by atoms with van der Waals surface area (Å²) in [4.78, 5) is 2.51. The van der Waals surface area contributed by atoms with Gasteiger partial charge in [0.05, 0.1) is 0 Å². The number of benzene rings is 6. The van der Waals surface area contributed by atoms with Gasteiger partial charge in [0.25, 0.3) is 0 Å². The van der Waals surface area contributed by atoms with E-state index in [1.165, 1.54) is 243 Å². The van der Waals surface area contributed by atoms with Gasteiger partial charge in [-0.05, 0) is 197 Å². The molecule has 4 heteroatoms. The lowest BCUT2D eigenvalue weighted by atomic mass is 9.99. The SMILES string of the molecule is c1ccc(P(C2CCCCC2)C2CCCCC2)c(-c2ccc(N(c3ccc(-c4ccc(P(C5CCCCC5)C5CCCCC5)cc4)cc3)c3ccc(-c4ccc(P(C5CCCCC5)C5CCCCC5)cc4)cc3)cc2)c1. The van der Waals surface area contributed by atoms with E-state index in [0.717, 1.165) is 34.0 Å². The first-order valence-corrected chi connectivity index (χ1v) is 35.9. The van der Waals surface area contributed by atoms with Crippen LogP contribution in [0.1, 0.15) is 193 Å². The second-order valence-electron chi connectivity index (χ2n) is 24.6. The van der Waals surface area contributed by atoms with Crippen LogP contribution in [0, 0.1) is 0 Å². The molecule has 12 rings (SSSR count). The van der Waals surface area contributed by atoms with Crippen LogP contribution in [0.3, 0.4) is 0 Å². The van der Waals surface area contributed by atoms with E-state index in [2.05, 4.69) is 150 Å². The van der Waals surface area contributed by atoms with Crippen LogP contribution in [-0.2, 0) is 0 Å². The Balaban J connectivity index is 0.846. The summed E-state index contributed by atoms with van der Waals surface area (Å²) < 4.78 is 0. The van der Waals surface area contributed by atoms with Gasteiger partial charge in [0.2, 0.25) is 0 Å². The van der Waals surface area contributed by atoms with E-state index in [-0.39, 0.29) is 23.8 Å². The summed E-state index contributed by atoms with van der Waals surface area (Å²) >= 11 is 0. The third-order valence-electron chi connectivity index (χ3n) is 19.7. The molecule has 6 aromatic rings. The van der Waals surface area contributed by atoms with Crippen molar-refractivity contribution in [1.29, 1.82) is 0 Å². The first-order chi connectivity index (χ1) is 37.7. The van der Waals surface area contributed by atoms with Gasteiger partial charge in [-0.1, -0.05) is 249 Å². The van der Waals surface area contributed by atoms with E-state index in [1.54, 1.807) is 15.9 Å². The van der Waals surface area contributed by atoms with Gasteiger partial charge in [-0.2, -0.15) is 0 Å². The topological polar surface area (TPSA) is 3.24 Å². The Hall–Kier alpha value is -3.59. The van der Waals surface area contributed by atoms with Crippen LogP contribution in [0.5, 0.6) is 0 Å². The van der Waals surface area contributed by atoms with E-state index >= 15 is 0 Å². The molecule has 6 aliphatic carbocycles. The van der Waals surface area contributed by atoms with Crippen LogP contribution in [0.15, 0.2) is 146 Å². The van der Waals surface area contributed by atoms with Crippen LogP contribution in [0.4, 0.5) is 17.1 Å². The fraction of sp³-hybridized carbons (Fsp3) is 0.500. The van der Waals surface area contributed by atoms with Gasteiger partial charge in [0.1, 0.15) is 0 Å². The molecule has 0 bridgehead atoms.